The number of hydrogen-bond acceptors (Lipinski definition) is 4. The molecule has 3 heterocycles. The molecular weight excluding hydrogens is 323 g/mol. The Morgan fingerprint density at radius 1 is 1.14 bits per heavy atom. The number of fused-ring (bicyclic) bond motifs is 3. The molecule has 4 rings (SSSR count). The predicted octanol–water partition coefficient (Wildman–Crippen LogP) is 3.14. The highest BCUT2D eigenvalue weighted by Gasteiger charge is 2.15. The minimum absolute atomic E-state index is 0.512. The van der Waals surface area contributed by atoms with Crippen LogP contribution in [0.2, 0.25) is 10.0 Å². The van der Waals surface area contributed by atoms with Gasteiger partial charge in [0.15, 0.2) is 11.3 Å². The Kier molecular flexibility index (Phi) is 3.02. The van der Waals surface area contributed by atoms with E-state index in [1.165, 1.54) is 0 Å². The van der Waals surface area contributed by atoms with Gasteiger partial charge >= 0.3 is 0 Å². The minimum atomic E-state index is 0.512. The van der Waals surface area contributed by atoms with Crippen molar-refractivity contribution in [1.29, 1.82) is 0 Å². The fourth-order valence-corrected chi connectivity index (χ4v) is 2.98. The van der Waals surface area contributed by atoms with E-state index < -0.39 is 0 Å². The maximum Gasteiger partial charge on any atom is 0.174 e. The molecule has 3 aromatic heterocycles. The van der Waals surface area contributed by atoms with Gasteiger partial charge in [0.25, 0.3) is 0 Å². The first-order chi connectivity index (χ1) is 10.6. The molecule has 0 atom stereocenters. The summed E-state index contributed by atoms with van der Waals surface area (Å²) in [7, 11) is 0. The smallest absolute Gasteiger partial charge is 0.174 e. The van der Waals surface area contributed by atoms with Crippen molar-refractivity contribution in [3.05, 3.63) is 52.2 Å². The van der Waals surface area contributed by atoms with E-state index in [-0.39, 0.29) is 0 Å². The van der Waals surface area contributed by atoms with Crippen molar-refractivity contribution in [1.82, 2.24) is 29.4 Å². The van der Waals surface area contributed by atoms with Crippen molar-refractivity contribution in [2.75, 3.05) is 0 Å². The Morgan fingerprint density at radius 2 is 2.00 bits per heavy atom. The maximum absolute atomic E-state index is 6.24. The number of hydrogen-bond donors (Lipinski definition) is 0. The number of aromatic nitrogens is 6. The molecule has 0 saturated carbocycles. The Hall–Kier alpha value is -2.18. The van der Waals surface area contributed by atoms with Gasteiger partial charge in [0.2, 0.25) is 0 Å². The molecule has 0 fully saturated rings. The normalized spacial score (nSPS) is 11.6. The van der Waals surface area contributed by atoms with Crippen LogP contribution in [0.25, 0.3) is 16.7 Å². The first kappa shape index (κ1) is 13.5. The van der Waals surface area contributed by atoms with E-state index in [4.69, 9.17) is 23.2 Å². The Bertz CT molecular complexity index is 1000. The van der Waals surface area contributed by atoms with Crippen LogP contribution in [0.3, 0.4) is 0 Å². The molecule has 6 nitrogen and oxygen atoms in total. The molecule has 0 bridgehead atoms. The summed E-state index contributed by atoms with van der Waals surface area (Å²) in [6.45, 7) is 2.44. The zero-order valence-electron chi connectivity index (χ0n) is 11.5. The zero-order chi connectivity index (χ0) is 15.3. The monoisotopic (exact) mass is 332 g/mol. The van der Waals surface area contributed by atoms with Gasteiger partial charge in [0.05, 0.1) is 17.6 Å². The third-order valence-corrected chi connectivity index (χ3v) is 4.12. The minimum Gasteiger partial charge on any atom is -0.271 e. The van der Waals surface area contributed by atoms with Crippen molar-refractivity contribution < 1.29 is 0 Å². The highest BCUT2D eigenvalue weighted by molar-refractivity contribution is 6.35. The summed E-state index contributed by atoms with van der Waals surface area (Å²) in [5.41, 5.74) is 3.28. The summed E-state index contributed by atoms with van der Waals surface area (Å²) in [6.07, 6.45) is 3.30. The van der Waals surface area contributed by atoms with E-state index in [1.807, 2.05) is 23.7 Å². The third kappa shape index (κ3) is 2.03. The molecule has 0 unspecified atom stereocenters. The summed E-state index contributed by atoms with van der Waals surface area (Å²) in [4.78, 5) is 4.46. The van der Waals surface area contributed by atoms with E-state index in [0.717, 1.165) is 27.9 Å². The molecule has 0 aliphatic heterocycles. The summed E-state index contributed by atoms with van der Waals surface area (Å²) >= 11 is 12.2. The molecule has 0 aliphatic rings. The van der Waals surface area contributed by atoms with Gasteiger partial charge in [-0.25, -0.2) is 9.67 Å². The van der Waals surface area contributed by atoms with E-state index in [9.17, 15) is 0 Å². The lowest BCUT2D eigenvalue weighted by Crippen LogP contribution is -2.03. The first-order valence-corrected chi connectivity index (χ1v) is 7.34. The number of nitrogens with zero attached hydrogens (tertiary/aromatic N) is 6. The van der Waals surface area contributed by atoms with Crippen molar-refractivity contribution in [2.45, 2.75) is 13.5 Å². The number of rotatable bonds is 2. The van der Waals surface area contributed by atoms with Crippen LogP contribution < -0.4 is 0 Å². The van der Waals surface area contributed by atoms with Crippen LogP contribution in [0, 0.1) is 6.92 Å². The van der Waals surface area contributed by atoms with Crippen LogP contribution in [0.15, 0.2) is 30.9 Å². The second-order valence-corrected chi connectivity index (χ2v) is 5.83. The van der Waals surface area contributed by atoms with Crippen LogP contribution >= 0.6 is 23.2 Å². The third-order valence-electron chi connectivity index (χ3n) is 3.54. The molecule has 0 amide bonds. The maximum atomic E-state index is 6.24. The second kappa shape index (κ2) is 4.93. The molecular formula is C14H10Cl2N6. The SMILES string of the molecule is Cc1nn(Cc2ccc(Cl)cc2Cl)c2ncn3cnnc3c12. The van der Waals surface area contributed by atoms with Crippen molar-refractivity contribution in [3.63, 3.8) is 0 Å². The van der Waals surface area contributed by atoms with E-state index in [1.54, 1.807) is 23.1 Å². The first-order valence-electron chi connectivity index (χ1n) is 6.59. The molecule has 0 saturated heterocycles. The average Bonchev–Trinajstić information content (AvgIpc) is 3.06. The second-order valence-electron chi connectivity index (χ2n) is 4.98. The van der Waals surface area contributed by atoms with E-state index in [2.05, 4.69) is 20.3 Å². The average molecular weight is 333 g/mol. The fourth-order valence-electron chi connectivity index (χ4n) is 2.51. The summed E-state index contributed by atoms with van der Waals surface area (Å²) in [5, 5.41) is 14.7. The lowest BCUT2D eigenvalue weighted by molar-refractivity contribution is 0.695. The van der Waals surface area contributed by atoms with Gasteiger partial charge in [-0.3, -0.25) is 4.40 Å². The Balaban J connectivity index is 1.88. The Morgan fingerprint density at radius 3 is 2.82 bits per heavy atom. The fraction of sp³-hybridized carbons (Fsp3) is 0.143. The van der Waals surface area contributed by atoms with E-state index >= 15 is 0 Å². The molecule has 1 aromatic carbocycles. The topological polar surface area (TPSA) is 60.9 Å². The van der Waals surface area contributed by atoms with Crippen LogP contribution in [0.4, 0.5) is 0 Å². The molecule has 110 valence electrons. The summed E-state index contributed by atoms with van der Waals surface area (Å²) in [6, 6.07) is 5.43. The van der Waals surface area contributed by atoms with Gasteiger partial charge in [-0.1, -0.05) is 29.3 Å². The van der Waals surface area contributed by atoms with Crippen molar-refractivity contribution in [2.24, 2.45) is 0 Å². The highest BCUT2D eigenvalue weighted by Crippen LogP contribution is 2.24. The van der Waals surface area contributed by atoms with Gasteiger partial charge < -0.3 is 0 Å². The number of benzene rings is 1. The largest absolute Gasteiger partial charge is 0.271 e. The molecule has 0 spiro atoms. The number of aryl methyl sites for hydroxylation is 1. The van der Waals surface area contributed by atoms with Gasteiger partial charge in [0, 0.05) is 10.0 Å². The molecule has 0 radical (unpaired) electrons. The van der Waals surface area contributed by atoms with Gasteiger partial charge in [-0.15, -0.1) is 10.2 Å². The van der Waals surface area contributed by atoms with Crippen LogP contribution in [0.5, 0.6) is 0 Å². The standard InChI is InChI=1S/C14H10Cl2N6/c1-8-12-13(17-6-21-7-18-19-14(12)21)22(20-8)5-9-2-3-10(15)4-11(9)16/h2-4,6-7H,5H2,1H3. The summed E-state index contributed by atoms with van der Waals surface area (Å²) in [5.74, 6) is 0. The highest BCUT2D eigenvalue weighted by atomic mass is 35.5. The quantitative estimate of drug-likeness (QED) is 0.565. The van der Waals surface area contributed by atoms with E-state index in [0.29, 0.717) is 16.6 Å². The lowest BCUT2D eigenvalue weighted by atomic mass is 10.2. The lowest BCUT2D eigenvalue weighted by Gasteiger charge is -2.06. The molecule has 0 N–H and O–H groups in total. The van der Waals surface area contributed by atoms with Crippen LogP contribution in [0.1, 0.15) is 11.3 Å². The molecule has 8 heteroatoms. The van der Waals surface area contributed by atoms with Crippen molar-refractivity contribution >= 4 is 39.9 Å². The zero-order valence-corrected chi connectivity index (χ0v) is 13.0. The Labute approximate surface area is 135 Å². The van der Waals surface area contributed by atoms with Crippen LogP contribution in [-0.2, 0) is 6.54 Å². The van der Waals surface area contributed by atoms with Gasteiger partial charge in [-0.2, -0.15) is 5.10 Å². The number of halogens is 2. The molecule has 0 aliphatic carbocycles. The van der Waals surface area contributed by atoms with Gasteiger partial charge in [0.1, 0.15) is 12.7 Å². The van der Waals surface area contributed by atoms with Gasteiger partial charge in [-0.05, 0) is 24.6 Å². The molecule has 22 heavy (non-hydrogen) atoms. The summed E-state index contributed by atoms with van der Waals surface area (Å²) < 4.78 is 3.59. The predicted molar refractivity (Wildman–Crippen MR) is 84.4 cm³/mol. The molecule has 4 aromatic rings. The van der Waals surface area contributed by atoms with Crippen LogP contribution in [-0.4, -0.2) is 29.4 Å². The van der Waals surface area contributed by atoms with Crippen molar-refractivity contribution in [3.8, 4) is 0 Å².